The summed E-state index contributed by atoms with van der Waals surface area (Å²) in [4.78, 5) is 8.30. The lowest BCUT2D eigenvalue weighted by Gasteiger charge is -2.12. The smallest absolute Gasteiger partial charge is 0.221 e. The van der Waals surface area contributed by atoms with E-state index in [1.807, 2.05) is 7.05 Å². The van der Waals surface area contributed by atoms with Gasteiger partial charge in [0.15, 0.2) is 0 Å². The summed E-state index contributed by atoms with van der Waals surface area (Å²) in [7, 11) is 1.84. The van der Waals surface area contributed by atoms with Crippen molar-refractivity contribution in [2.24, 2.45) is 0 Å². The minimum atomic E-state index is 0.521. The topological polar surface area (TPSA) is 56.3 Å². The minimum Gasteiger partial charge on any atom is -0.475 e. The van der Waals surface area contributed by atoms with Crippen LogP contribution in [-0.2, 0) is 11.2 Å². The highest BCUT2D eigenvalue weighted by atomic mass is 16.5. The Hall–Kier alpha value is -1.36. The average molecular weight is 239 g/mol. The van der Waals surface area contributed by atoms with Crippen LogP contribution in [0.25, 0.3) is 0 Å². The lowest BCUT2D eigenvalue weighted by molar-refractivity contribution is 0.0986. The van der Waals surface area contributed by atoms with Crippen LogP contribution >= 0.6 is 0 Å². The number of ether oxygens (including phenoxy) is 2. The van der Waals surface area contributed by atoms with Crippen LogP contribution in [-0.4, -0.2) is 36.8 Å². The van der Waals surface area contributed by atoms with Crippen molar-refractivity contribution in [1.29, 1.82) is 0 Å². The Morgan fingerprint density at radius 3 is 2.65 bits per heavy atom. The normalized spacial score (nSPS) is 10.3. The Balaban J connectivity index is 2.52. The summed E-state index contributed by atoms with van der Waals surface area (Å²) in [5.41, 5.74) is 1.01. The number of hydrogen-bond donors (Lipinski definition) is 1. The second-order valence-corrected chi connectivity index (χ2v) is 3.57. The summed E-state index contributed by atoms with van der Waals surface area (Å²) in [5.74, 6) is 1.47. The number of anilines is 1. The molecule has 0 aliphatic heterocycles. The fourth-order valence-corrected chi connectivity index (χ4v) is 1.50. The van der Waals surface area contributed by atoms with Gasteiger partial charge in [-0.15, -0.1) is 0 Å². The van der Waals surface area contributed by atoms with Crippen LogP contribution in [0.2, 0.25) is 0 Å². The Labute approximate surface area is 103 Å². The first-order valence-electron chi connectivity index (χ1n) is 6.05. The highest BCUT2D eigenvalue weighted by molar-refractivity contribution is 5.48. The van der Waals surface area contributed by atoms with E-state index in [0.29, 0.717) is 19.1 Å². The zero-order chi connectivity index (χ0) is 12.5. The number of aromatic nitrogens is 2. The molecule has 5 nitrogen and oxygen atoms in total. The minimum absolute atomic E-state index is 0.521. The Bertz CT molecular complexity index is 332. The van der Waals surface area contributed by atoms with Gasteiger partial charge in [0.05, 0.1) is 12.2 Å². The third-order valence-corrected chi connectivity index (χ3v) is 2.31. The molecule has 0 unspecified atom stereocenters. The molecule has 0 aromatic carbocycles. The Morgan fingerprint density at radius 1 is 1.18 bits per heavy atom. The summed E-state index contributed by atoms with van der Waals surface area (Å²) in [5, 5.41) is 3.04. The van der Waals surface area contributed by atoms with E-state index in [1.54, 1.807) is 0 Å². The van der Waals surface area contributed by atoms with Crippen molar-refractivity contribution in [3.63, 3.8) is 0 Å². The Kier molecular flexibility index (Phi) is 6.32. The maximum absolute atomic E-state index is 5.60. The lowest BCUT2D eigenvalue weighted by Crippen LogP contribution is -2.10. The molecular weight excluding hydrogens is 218 g/mol. The van der Waals surface area contributed by atoms with Crippen LogP contribution in [0.3, 0.4) is 0 Å². The molecule has 17 heavy (non-hydrogen) atoms. The van der Waals surface area contributed by atoms with E-state index in [-0.39, 0.29) is 0 Å². The molecule has 5 heteroatoms. The summed E-state index contributed by atoms with van der Waals surface area (Å²) in [6.45, 7) is 6.03. The molecule has 0 amide bonds. The van der Waals surface area contributed by atoms with Gasteiger partial charge in [-0.1, -0.05) is 13.8 Å². The molecule has 0 spiro atoms. The number of hydrogen-bond acceptors (Lipinski definition) is 5. The van der Waals surface area contributed by atoms with Gasteiger partial charge in [-0.2, -0.15) is 0 Å². The van der Waals surface area contributed by atoms with Gasteiger partial charge in [0, 0.05) is 13.7 Å². The quantitative estimate of drug-likeness (QED) is 0.702. The van der Waals surface area contributed by atoms with Crippen LogP contribution in [0.5, 0.6) is 5.88 Å². The van der Waals surface area contributed by atoms with E-state index >= 15 is 0 Å². The molecule has 0 aliphatic rings. The van der Waals surface area contributed by atoms with Gasteiger partial charge in [0.2, 0.25) is 5.88 Å². The third kappa shape index (κ3) is 4.19. The van der Waals surface area contributed by atoms with Crippen molar-refractivity contribution in [2.75, 3.05) is 32.2 Å². The second-order valence-electron chi connectivity index (χ2n) is 3.57. The molecule has 1 aromatic rings. The number of rotatable bonds is 8. The van der Waals surface area contributed by atoms with E-state index in [2.05, 4.69) is 29.1 Å². The fraction of sp³-hybridized carbons (Fsp3) is 0.667. The molecule has 1 N–H and O–H groups in total. The van der Waals surface area contributed by atoms with Crippen molar-refractivity contribution in [2.45, 2.75) is 26.7 Å². The zero-order valence-electron chi connectivity index (χ0n) is 10.8. The molecule has 0 radical (unpaired) electrons. The SMILES string of the molecule is CCCOCCOc1ncnc(NC)c1CC. The van der Waals surface area contributed by atoms with E-state index in [0.717, 1.165) is 30.8 Å². The van der Waals surface area contributed by atoms with E-state index in [1.165, 1.54) is 6.33 Å². The summed E-state index contributed by atoms with van der Waals surface area (Å²) in [6, 6.07) is 0. The van der Waals surface area contributed by atoms with Gasteiger partial charge in [0.1, 0.15) is 18.8 Å². The fourth-order valence-electron chi connectivity index (χ4n) is 1.50. The van der Waals surface area contributed by atoms with Crippen molar-refractivity contribution in [3.8, 4) is 5.88 Å². The predicted molar refractivity (Wildman–Crippen MR) is 67.6 cm³/mol. The maximum atomic E-state index is 5.60. The Morgan fingerprint density at radius 2 is 2.00 bits per heavy atom. The monoisotopic (exact) mass is 239 g/mol. The molecule has 0 aliphatic carbocycles. The molecule has 1 rings (SSSR count). The van der Waals surface area contributed by atoms with E-state index in [4.69, 9.17) is 9.47 Å². The van der Waals surface area contributed by atoms with Crippen molar-refractivity contribution in [3.05, 3.63) is 11.9 Å². The van der Waals surface area contributed by atoms with Gasteiger partial charge >= 0.3 is 0 Å². The molecule has 0 fully saturated rings. The molecule has 0 bridgehead atoms. The highest BCUT2D eigenvalue weighted by Crippen LogP contribution is 2.21. The third-order valence-electron chi connectivity index (χ3n) is 2.31. The highest BCUT2D eigenvalue weighted by Gasteiger charge is 2.09. The standard InChI is InChI=1S/C12H21N3O2/c1-4-6-16-7-8-17-12-10(5-2)11(13-3)14-9-15-12/h9H,4-8H2,1-3H3,(H,13,14,15). The molecule has 0 saturated carbocycles. The van der Waals surface area contributed by atoms with Gasteiger partial charge in [-0.3, -0.25) is 0 Å². The van der Waals surface area contributed by atoms with Crippen LogP contribution in [0.15, 0.2) is 6.33 Å². The van der Waals surface area contributed by atoms with Crippen LogP contribution < -0.4 is 10.1 Å². The van der Waals surface area contributed by atoms with E-state index in [9.17, 15) is 0 Å². The first kappa shape index (κ1) is 13.7. The average Bonchev–Trinajstić information content (AvgIpc) is 2.38. The van der Waals surface area contributed by atoms with Crippen LogP contribution in [0.1, 0.15) is 25.8 Å². The van der Waals surface area contributed by atoms with Crippen LogP contribution in [0, 0.1) is 0 Å². The number of nitrogens with zero attached hydrogens (tertiary/aromatic N) is 2. The van der Waals surface area contributed by atoms with Gasteiger partial charge in [0.25, 0.3) is 0 Å². The van der Waals surface area contributed by atoms with Crippen molar-refractivity contribution >= 4 is 5.82 Å². The first-order chi connectivity index (χ1) is 8.33. The molecular formula is C12H21N3O2. The largest absolute Gasteiger partial charge is 0.475 e. The van der Waals surface area contributed by atoms with Gasteiger partial charge in [-0.25, -0.2) is 9.97 Å². The molecule has 1 heterocycles. The van der Waals surface area contributed by atoms with Crippen molar-refractivity contribution in [1.82, 2.24) is 9.97 Å². The zero-order valence-corrected chi connectivity index (χ0v) is 10.8. The van der Waals surface area contributed by atoms with Gasteiger partial charge < -0.3 is 14.8 Å². The summed E-state index contributed by atoms with van der Waals surface area (Å²) < 4.78 is 11.0. The molecule has 0 atom stereocenters. The maximum Gasteiger partial charge on any atom is 0.221 e. The van der Waals surface area contributed by atoms with Crippen LogP contribution in [0.4, 0.5) is 5.82 Å². The lowest BCUT2D eigenvalue weighted by atomic mass is 10.2. The second kappa shape index (κ2) is 7.84. The predicted octanol–water partition coefficient (Wildman–Crippen LogP) is 1.89. The van der Waals surface area contributed by atoms with Gasteiger partial charge in [-0.05, 0) is 12.8 Å². The number of nitrogens with one attached hydrogen (secondary N) is 1. The summed E-state index contributed by atoms with van der Waals surface area (Å²) in [6.07, 6.45) is 3.37. The summed E-state index contributed by atoms with van der Waals surface area (Å²) >= 11 is 0. The van der Waals surface area contributed by atoms with Crippen molar-refractivity contribution < 1.29 is 9.47 Å². The molecule has 0 saturated heterocycles. The molecule has 1 aromatic heterocycles. The first-order valence-corrected chi connectivity index (χ1v) is 6.05. The molecule has 96 valence electrons. The van der Waals surface area contributed by atoms with E-state index < -0.39 is 0 Å².